The molecular weight excluding hydrogens is 250 g/mol. The van der Waals surface area contributed by atoms with Gasteiger partial charge in [0, 0.05) is 6.20 Å². The van der Waals surface area contributed by atoms with Gasteiger partial charge in [-0.2, -0.15) is 0 Å². The third-order valence-corrected chi connectivity index (χ3v) is 3.31. The average Bonchev–Trinajstić information content (AvgIpc) is 2.46. The Kier molecular flexibility index (Phi) is 4.61. The van der Waals surface area contributed by atoms with Gasteiger partial charge in [-0.05, 0) is 42.2 Å². The quantitative estimate of drug-likeness (QED) is 0.820. The molecule has 3 nitrogen and oxygen atoms in total. The van der Waals surface area contributed by atoms with Crippen molar-refractivity contribution in [3.63, 3.8) is 0 Å². The molecule has 1 aromatic carbocycles. The molecule has 0 spiro atoms. The molecule has 0 aliphatic carbocycles. The fourth-order valence-electron chi connectivity index (χ4n) is 2.00. The van der Waals surface area contributed by atoms with Gasteiger partial charge in [-0.1, -0.05) is 26.0 Å². The number of hydrogen-bond donors (Lipinski definition) is 0. The first-order chi connectivity index (χ1) is 9.61. The molecule has 3 heteroatoms. The van der Waals surface area contributed by atoms with Crippen molar-refractivity contribution >= 4 is 0 Å². The number of ether oxygens (including phenoxy) is 2. The third-order valence-electron chi connectivity index (χ3n) is 3.31. The van der Waals surface area contributed by atoms with Crippen LogP contribution in [-0.2, 0) is 6.61 Å². The van der Waals surface area contributed by atoms with E-state index in [-0.39, 0.29) is 0 Å². The van der Waals surface area contributed by atoms with Gasteiger partial charge in [0.05, 0.1) is 12.7 Å². The number of nitrogens with zero attached hydrogens (tertiary/aromatic N) is 1. The van der Waals surface area contributed by atoms with E-state index in [9.17, 15) is 0 Å². The minimum atomic E-state index is 0.458. The lowest BCUT2D eigenvalue weighted by Gasteiger charge is -2.13. The SMILES string of the molecule is COc1ncccc1COc1cc(C(C)C)ccc1C. The van der Waals surface area contributed by atoms with E-state index in [0.717, 1.165) is 16.9 Å². The van der Waals surface area contributed by atoms with Crippen molar-refractivity contribution in [2.75, 3.05) is 7.11 Å². The van der Waals surface area contributed by atoms with Crippen LogP contribution in [0.1, 0.15) is 36.5 Å². The zero-order valence-corrected chi connectivity index (χ0v) is 12.5. The molecule has 106 valence electrons. The third kappa shape index (κ3) is 3.29. The van der Waals surface area contributed by atoms with Crippen molar-refractivity contribution in [1.82, 2.24) is 4.98 Å². The molecule has 1 aromatic heterocycles. The molecule has 0 saturated carbocycles. The van der Waals surface area contributed by atoms with Crippen molar-refractivity contribution < 1.29 is 9.47 Å². The number of aromatic nitrogens is 1. The second kappa shape index (κ2) is 6.42. The first-order valence-electron chi connectivity index (χ1n) is 6.83. The van der Waals surface area contributed by atoms with Crippen LogP contribution in [0.3, 0.4) is 0 Å². The van der Waals surface area contributed by atoms with Crippen LogP contribution in [0.2, 0.25) is 0 Å². The smallest absolute Gasteiger partial charge is 0.219 e. The number of aryl methyl sites for hydroxylation is 1. The van der Waals surface area contributed by atoms with Crippen molar-refractivity contribution in [2.24, 2.45) is 0 Å². The van der Waals surface area contributed by atoms with E-state index >= 15 is 0 Å². The molecule has 0 aliphatic rings. The Bertz CT molecular complexity index is 579. The van der Waals surface area contributed by atoms with Gasteiger partial charge in [0.15, 0.2) is 0 Å². The summed E-state index contributed by atoms with van der Waals surface area (Å²) in [7, 11) is 1.62. The van der Waals surface area contributed by atoms with Gasteiger partial charge in [0.25, 0.3) is 0 Å². The van der Waals surface area contributed by atoms with Crippen LogP contribution < -0.4 is 9.47 Å². The van der Waals surface area contributed by atoms with Crippen LogP contribution in [-0.4, -0.2) is 12.1 Å². The Morgan fingerprint density at radius 2 is 2.00 bits per heavy atom. The number of methoxy groups -OCH3 is 1. The minimum absolute atomic E-state index is 0.458. The molecule has 0 fully saturated rings. The Labute approximate surface area is 120 Å². The Hall–Kier alpha value is -2.03. The Morgan fingerprint density at radius 1 is 1.20 bits per heavy atom. The van der Waals surface area contributed by atoms with E-state index in [1.807, 2.05) is 12.1 Å². The van der Waals surface area contributed by atoms with Crippen LogP contribution in [0.15, 0.2) is 36.5 Å². The van der Waals surface area contributed by atoms with E-state index in [0.29, 0.717) is 18.4 Å². The van der Waals surface area contributed by atoms with E-state index in [1.165, 1.54) is 5.56 Å². The van der Waals surface area contributed by atoms with Crippen molar-refractivity contribution in [1.29, 1.82) is 0 Å². The molecule has 20 heavy (non-hydrogen) atoms. The van der Waals surface area contributed by atoms with Crippen LogP contribution >= 0.6 is 0 Å². The molecule has 0 radical (unpaired) electrons. The summed E-state index contributed by atoms with van der Waals surface area (Å²) in [6, 6.07) is 10.2. The topological polar surface area (TPSA) is 31.4 Å². The fourth-order valence-corrected chi connectivity index (χ4v) is 2.00. The molecule has 0 aliphatic heterocycles. The molecule has 0 amide bonds. The maximum atomic E-state index is 5.94. The predicted octanol–water partition coefficient (Wildman–Crippen LogP) is 4.10. The van der Waals surface area contributed by atoms with Crippen LogP contribution in [0, 0.1) is 6.92 Å². The van der Waals surface area contributed by atoms with E-state index in [4.69, 9.17) is 9.47 Å². The Balaban J connectivity index is 2.16. The maximum absolute atomic E-state index is 5.94. The highest BCUT2D eigenvalue weighted by Crippen LogP contribution is 2.26. The summed E-state index contributed by atoms with van der Waals surface area (Å²) in [5.41, 5.74) is 3.37. The van der Waals surface area contributed by atoms with Gasteiger partial charge in [-0.15, -0.1) is 0 Å². The average molecular weight is 271 g/mol. The molecule has 0 unspecified atom stereocenters. The number of benzene rings is 1. The predicted molar refractivity (Wildman–Crippen MR) is 80.4 cm³/mol. The van der Waals surface area contributed by atoms with Gasteiger partial charge in [-0.25, -0.2) is 4.98 Å². The summed E-state index contributed by atoms with van der Waals surface area (Å²) in [4.78, 5) is 4.18. The van der Waals surface area contributed by atoms with E-state index < -0.39 is 0 Å². The highest BCUT2D eigenvalue weighted by Gasteiger charge is 2.08. The van der Waals surface area contributed by atoms with Crippen molar-refractivity contribution in [2.45, 2.75) is 33.3 Å². The monoisotopic (exact) mass is 271 g/mol. The standard InChI is InChI=1S/C17H21NO2/c1-12(2)14-8-7-13(3)16(10-14)20-11-15-6-5-9-18-17(15)19-4/h5-10,12H,11H2,1-4H3. The summed E-state index contributed by atoms with van der Waals surface area (Å²) in [5, 5.41) is 0. The fraction of sp³-hybridized carbons (Fsp3) is 0.353. The molecule has 0 bridgehead atoms. The highest BCUT2D eigenvalue weighted by molar-refractivity contribution is 5.38. The van der Waals surface area contributed by atoms with Gasteiger partial charge >= 0.3 is 0 Å². The summed E-state index contributed by atoms with van der Waals surface area (Å²) in [5.74, 6) is 2.03. The van der Waals surface area contributed by atoms with Gasteiger partial charge in [0.2, 0.25) is 5.88 Å². The van der Waals surface area contributed by atoms with E-state index in [2.05, 4.69) is 44.0 Å². The summed E-state index contributed by atoms with van der Waals surface area (Å²) < 4.78 is 11.2. The van der Waals surface area contributed by atoms with Crippen LogP contribution in [0.5, 0.6) is 11.6 Å². The number of hydrogen-bond acceptors (Lipinski definition) is 3. The minimum Gasteiger partial charge on any atom is -0.488 e. The van der Waals surface area contributed by atoms with Crippen molar-refractivity contribution in [3.05, 3.63) is 53.2 Å². The second-order valence-corrected chi connectivity index (χ2v) is 5.14. The van der Waals surface area contributed by atoms with Crippen LogP contribution in [0.25, 0.3) is 0 Å². The molecule has 0 saturated heterocycles. The number of rotatable bonds is 5. The maximum Gasteiger partial charge on any atom is 0.219 e. The van der Waals surface area contributed by atoms with Gasteiger partial charge < -0.3 is 9.47 Å². The normalized spacial score (nSPS) is 10.7. The molecule has 0 atom stereocenters. The van der Waals surface area contributed by atoms with Gasteiger partial charge in [-0.3, -0.25) is 0 Å². The largest absolute Gasteiger partial charge is 0.488 e. The first kappa shape index (κ1) is 14.4. The second-order valence-electron chi connectivity index (χ2n) is 5.14. The molecule has 2 rings (SSSR count). The lowest BCUT2D eigenvalue weighted by Crippen LogP contribution is -2.01. The first-order valence-corrected chi connectivity index (χ1v) is 6.83. The zero-order chi connectivity index (χ0) is 14.5. The van der Waals surface area contributed by atoms with Gasteiger partial charge in [0.1, 0.15) is 12.4 Å². The molecule has 0 N–H and O–H groups in total. The lowest BCUT2D eigenvalue weighted by molar-refractivity contribution is 0.291. The molecule has 1 heterocycles. The summed E-state index contributed by atoms with van der Waals surface area (Å²) >= 11 is 0. The molecule has 2 aromatic rings. The van der Waals surface area contributed by atoms with Crippen LogP contribution in [0.4, 0.5) is 0 Å². The van der Waals surface area contributed by atoms with E-state index in [1.54, 1.807) is 13.3 Å². The lowest BCUT2D eigenvalue weighted by atomic mass is 10.0. The molecular formula is C17H21NO2. The summed E-state index contributed by atoms with van der Waals surface area (Å²) in [6.07, 6.45) is 1.72. The zero-order valence-electron chi connectivity index (χ0n) is 12.5. The van der Waals surface area contributed by atoms with Crippen molar-refractivity contribution in [3.8, 4) is 11.6 Å². The number of pyridine rings is 1. The summed E-state index contributed by atoms with van der Waals surface area (Å²) in [6.45, 7) is 6.87. The Morgan fingerprint density at radius 3 is 2.70 bits per heavy atom. The highest BCUT2D eigenvalue weighted by atomic mass is 16.5.